The molecule has 0 unspecified atom stereocenters. The fourth-order valence-electron chi connectivity index (χ4n) is 2.23. The average Bonchev–Trinajstić information content (AvgIpc) is 2.71. The third-order valence-corrected chi connectivity index (χ3v) is 3.69. The van der Waals surface area contributed by atoms with E-state index in [0.717, 1.165) is 31.2 Å². The van der Waals surface area contributed by atoms with Crippen LogP contribution in [0, 0.1) is 0 Å². The Kier molecular flexibility index (Phi) is 10.5. The number of hydrogen-bond acceptors (Lipinski definition) is 6. The summed E-state index contributed by atoms with van der Waals surface area (Å²) in [7, 11) is 5.86. The summed E-state index contributed by atoms with van der Waals surface area (Å²) in [5.41, 5.74) is 1.25. The molecule has 1 aromatic carbocycles. The summed E-state index contributed by atoms with van der Waals surface area (Å²) in [5.74, 6) is -0.619. The Morgan fingerprint density at radius 3 is 2.07 bits per heavy atom. The van der Waals surface area contributed by atoms with Crippen LogP contribution >= 0.6 is 0 Å². The second-order valence-corrected chi connectivity index (χ2v) is 6.27. The van der Waals surface area contributed by atoms with E-state index in [0.29, 0.717) is 12.2 Å². The lowest BCUT2D eigenvalue weighted by atomic mass is 10.2. The number of anilines is 1. The van der Waals surface area contributed by atoms with E-state index in [-0.39, 0.29) is 0 Å². The number of aromatic nitrogens is 1. The van der Waals surface area contributed by atoms with Crippen molar-refractivity contribution in [3.63, 3.8) is 0 Å². The fourth-order valence-corrected chi connectivity index (χ4v) is 2.23. The second-order valence-electron chi connectivity index (χ2n) is 6.27. The number of methoxy groups -OCH3 is 1. The van der Waals surface area contributed by atoms with Crippen LogP contribution in [0.15, 0.2) is 60.8 Å². The van der Waals surface area contributed by atoms with E-state index in [9.17, 15) is 9.59 Å². The molecular formula is C21H27N3O5. The van der Waals surface area contributed by atoms with E-state index in [4.69, 9.17) is 14.9 Å². The number of carboxylic acid groups (broad SMARTS) is 2. The molecule has 8 nitrogen and oxygen atoms in total. The first kappa shape index (κ1) is 23.6. The van der Waals surface area contributed by atoms with Gasteiger partial charge in [-0.15, -0.1) is 0 Å². The summed E-state index contributed by atoms with van der Waals surface area (Å²) in [6.07, 6.45) is 2.96. The summed E-state index contributed by atoms with van der Waals surface area (Å²) in [4.78, 5) is 28.1. The monoisotopic (exact) mass is 401 g/mol. The van der Waals surface area contributed by atoms with Gasteiger partial charge in [-0.3, -0.25) is 0 Å². The van der Waals surface area contributed by atoms with Crippen LogP contribution in [-0.4, -0.2) is 66.3 Å². The smallest absolute Gasteiger partial charge is 0.328 e. The molecule has 0 saturated heterocycles. The Morgan fingerprint density at radius 2 is 1.62 bits per heavy atom. The first-order valence-corrected chi connectivity index (χ1v) is 8.89. The minimum absolute atomic E-state index is 0.558. The number of ether oxygens (including phenoxy) is 1. The van der Waals surface area contributed by atoms with Gasteiger partial charge >= 0.3 is 11.9 Å². The number of benzene rings is 1. The van der Waals surface area contributed by atoms with Crippen molar-refractivity contribution in [1.82, 2.24) is 9.88 Å². The number of carboxylic acids is 2. The molecular weight excluding hydrogens is 374 g/mol. The zero-order valence-electron chi connectivity index (χ0n) is 16.9. The van der Waals surface area contributed by atoms with Gasteiger partial charge in [0.2, 0.25) is 0 Å². The lowest BCUT2D eigenvalue weighted by Gasteiger charge is -2.25. The van der Waals surface area contributed by atoms with Crippen LogP contribution in [0.4, 0.5) is 5.82 Å². The molecule has 8 heteroatoms. The first-order valence-electron chi connectivity index (χ1n) is 8.89. The van der Waals surface area contributed by atoms with Crippen LogP contribution in [0.25, 0.3) is 0 Å². The van der Waals surface area contributed by atoms with Gasteiger partial charge in [0.15, 0.2) is 0 Å². The molecule has 0 aliphatic carbocycles. The molecule has 1 heterocycles. The Hall–Kier alpha value is -3.39. The van der Waals surface area contributed by atoms with Crippen molar-refractivity contribution >= 4 is 17.8 Å². The van der Waals surface area contributed by atoms with Crippen molar-refractivity contribution in [3.05, 3.63) is 66.4 Å². The first-order chi connectivity index (χ1) is 13.8. The zero-order chi connectivity index (χ0) is 21.6. The van der Waals surface area contributed by atoms with Crippen molar-refractivity contribution in [2.45, 2.75) is 6.54 Å². The molecule has 1 aromatic heterocycles. The highest BCUT2D eigenvalue weighted by atomic mass is 16.5. The molecule has 0 spiro atoms. The van der Waals surface area contributed by atoms with Gasteiger partial charge in [-0.25, -0.2) is 14.6 Å². The predicted octanol–water partition coefficient (Wildman–Crippen LogP) is 2.37. The molecule has 0 aliphatic rings. The van der Waals surface area contributed by atoms with Crippen molar-refractivity contribution in [2.75, 3.05) is 39.2 Å². The number of likely N-dealkylation sites (N-methyl/N-ethyl adjacent to an activating group) is 1. The number of hydrogen-bond donors (Lipinski definition) is 2. The molecule has 0 bridgehead atoms. The maximum Gasteiger partial charge on any atom is 0.328 e. The molecule has 2 N–H and O–H groups in total. The summed E-state index contributed by atoms with van der Waals surface area (Å²) in [6.45, 7) is 2.78. The second kappa shape index (κ2) is 12.9. The fraction of sp³-hybridized carbons (Fsp3) is 0.286. The van der Waals surface area contributed by atoms with Gasteiger partial charge in [0.05, 0.1) is 7.11 Å². The number of aliphatic carboxylic acids is 2. The maximum absolute atomic E-state index is 9.55. The van der Waals surface area contributed by atoms with Gasteiger partial charge in [0.25, 0.3) is 0 Å². The van der Waals surface area contributed by atoms with E-state index < -0.39 is 11.9 Å². The number of carbonyl (C=O) groups is 2. The summed E-state index contributed by atoms with van der Waals surface area (Å²) in [5, 5.41) is 15.6. The molecule has 0 aliphatic heterocycles. The lowest BCUT2D eigenvalue weighted by Crippen LogP contribution is -2.31. The Bertz CT molecular complexity index is 761. The van der Waals surface area contributed by atoms with Crippen molar-refractivity contribution in [3.8, 4) is 5.75 Å². The van der Waals surface area contributed by atoms with E-state index in [1.165, 1.54) is 5.56 Å². The van der Waals surface area contributed by atoms with Crippen LogP contribution in [0.1, 0.15) is 5.56 Å². The number of nitrogens with zero attached hydrogens (tertiary/aromatic N) is 3. The maximum atomic E-state index is 9.55. The van der Waals surface area contributed by atoms with Gasteiger partial charge in [-0.05, 0) is 43.9 Å². The van der Waals surface area contributed by atoms with E-state index in [1.54, 1.807) is 7.11 Å². The molecule has 0 atom stereocenters. The zero-order valence-corrected chi connectivity index (χ0v) is 16.9. The normalized spacial score (nSPS) is 10.3. The van der Waals surface area contributed by atoms with E-state index in [1.807, 2.05) is 30.5 Å². The highest BCUT2D eigenvalue weighted by Gasteiger charge is 2.09. The predicted molar refractivity (Wildman–Crippen MR) is 111 cm³/mol. The summed E-state index contributed by atoms with van der Waals surface area (Å²) >= 11 is 0. The Balaban J connectivity index is 0.000000447. The van der Waals surface area contributed by atoms with Crippen LogP contribution in [0.3, 0.4) is 0 Å². The lowest BCUT2D eigenvalue weighted by molar-refractivity contribution is -0.134. The van der Waals surface area contributed by atoms with Crippen LogP contribution < -0.4 is 9.64 Å². The topological polar surface area (TPSA) is 103 Å². The average molecular weight is 401 g/mol. The third-order valence-electron chi connectivity index (χ3n) is 3.69. The number of pyridine rings is 1. The molecule has 0 radical (unpaired) electrons. The van der Waals surface area contributed by atoms with Gasteiger partial charge in [0.1, 0.15) is 11.6 Å². The van der Waals surface area contributed by atoms with Gasteiger partial charge in [-0.2, -0.15) is 0 Å². The molecule has 156 valence electrons. The highest BCUT2D eigenvalue weighted by molar-refractivity contribution is 5.89. The van der Waals surface area contributed by atoms with Gasteiger partial charge in [-0.1, -0.05) is 18.2 Å². The van der Waals surface area contributed by atoms with Crippen LogP contribution in [0.5, 0.6) is 5.75 Å². The minimum Gasteiger partial charge on any atom is -0.497 e. The molecule has 0 amide bonds. The molecule has 0 saturated carbocycles. The Labute approximate surface area is 170 Å². The quantitative estimate of drug-likeness (QED) is 0.618. The van der Waals surface area contributed by atoms with Crippen LogP contribution in [0.2, 0.25) is 0 Å². The van der Waals surface area contributed by atoms with Gasteiger partial charge < -0.3 is 24.7 Å². The van der Waals surface area contributed by atoms with Crippen molar-refractivity contribution < 1.29 is 24.5 Å². The largest absolute Gasteiger partial charge is 0.497 e. The third kappa shape index (κ3) is 10.5. The summed E-state index contributed by atoms with van der Waals surface area (Å²) in [6, 6.07) is 14.2. The summed E-state index contributed by atoms with van der Waals surface area (Å²) < 4.78 is 5.21. The van der Waals surface area contributed by atoms with Crippen molar-refractivity contribution in [1.29, 1.82) is 0 Å². The van der Waals surface area contributed by atoms with E-state index in [2.05, 4.69) is 47.1 Å². The van der Waals surface area contributed by atoms with E-state index >= 15 is 0 Å². The standard InChI is InChI=1S/C17H23N3O.C4H4O4/c1-19(2)12-13-20(17-6-4-5-11-18-17)14-15-7-9-16(21-3)10-8-15;5-3(6)1-2-4(7)8/h4-11H,12-14H2,1-3H3;1-2H,(H,5,6)(H,7,8)/b;2-1-. The molecule has 29 heavy (non-hydrogen) atoms. The molecule has 0 fully saturated rings. The molecule has 2 aromatic rings. The van der Waals surface area contributed by atoms with Crippen LogP contribution in [-0.2, 0) is 16.1 Å². The highest BCUT2D eigenvalue weighted by Crippen LogP contribution is 2.16. The minimum atomic E-state index is -1.26. The Morgan fingerprint density at radius 1 is 1.00 bits per heavy atom. The SMILES string of the molecule is COc1ccc(CN(CCN(C)C)c2ccccn2)cc1.O=C(O)/C=C\C(=O)O. The number of rotatable bonds is 9. The molecule has 2 rings (SSSR count). The van der Waals surface area contributed by atoms with Gasteiger partial charge in [0, 0.05) is 38.0 Å². The van der Waals surface area contributed by atoms with Crippen molar-refractivity contribution in [2.24, 2.45) is 0 Å².